The zero-order valence-corrected chi connectivity index (χ0v) is 15.8. The number of likely N-dealkylation sites (tertiary alicyclic amines) is 1. The first kappa shape index (κ1) is 21.2. The van der Waals surface area contributed by atoms with Gasteiger partial charge in [0.1, 0.15) is 0 Å². The Morgan fingerprint density at radius 2 is 2.04 bits per heavy atom. The van der Waals surface area contributed by atoms with Gasteiger partial charge in [-0.3, -0.25) is 9.69 Å². The fourth-order valence-electron chi connectivity index (χ4n) is 3.46. The molecule has 4 nitrogen and oxygen atoms in total. The highest BCUT2D eigenvalue weighted by Gasteiger charge is 2.15. The van der Waals surface area contributed by atoms with Gasteiger partial charge in [-0.15, -0.1) is 24.8 Å². The first-order valence-electron chi connectivity index (χ1n) is 8.61. The summed E-state index contributed by atoms with van der Waals surface area (Å²) >= 11 is 0. The van der Waals surface area contributed by atoms with E-state index in [1.807, 2.05) is 18.2 Å². The Bertz CT molecular complexity index is 501. The molecule has 1 aromatic rings. The summed E-state index contributed by atoms with van der Waals surface area (Å²) in [4.78, 5) is 14.7. The van der Waals surface area contributed by atoms with Crippen molar-refractivity contribution in [1.29, 1.82) is 0 Å². The van der Waals surface area contributed by atoms with Crippen LogP contribution in [0.15, 0.2) is 24.3 Å². The van der Waals surface area contributed by atoms with E-state index in [4.69, 9.17) is 0 Å². The van der Waals surface area contributed by atoms with Crippen molar-refractivity contribution in [3.8, 4) is 0 Å². The molecule has 1 aromatic carbocycles. The lowest BCUT2D eigenvalue weighted by atomic mass is 10.1. The summed E-state index contributed by atoms with van der Waals surface area (Å²) in [6.45, 7) is 6.34. The van der Waals surface area contributed by atoms with Crippen molar-refractivity contribution in [1.82, 2.24) is 15.5 Å². The van der Waals surface area contributed by atoms with Crippen LogP contribution in [0.1, 0.15) is 41.6 Å². The Morgan fingerprint density at radius 3 is 2.75 bits per heavy atom. The summed E-state index contributed by atoms with van der Waals surface area (Å²) in [5.74, 6) is 0.788. The van der Waals surface area contributed by atoms with Crippen molar-refractivity contribution in [3.05, 3.63) is 35.4 Å². The van der Waals surface area contributed by atoms with Crippen LogP contribution in [0, 0.1) is 5.92 Å². The molecule has 0 saturated carbocycles. The van der Waals surface area contributed by atoms with E-state index in [9.17, 15) is 4.79 Å². The van der Waals surface area contributed by atoms with Crippen molar-refractivity contribution >= 4 is 30.7 Å². The van der Waals surface area contributed by atoms with Gasteiger partial charge in [0.15, 0.2) is 0 Å². The van der Waals surface area contributed by atoms with Crippen LogP contribution in [0.2, 0.25) is 0 Å². The molecule has 3 rings (SSSR count). The van der Waals surface area contributed by atoms with Gasteiger partial charge < -0.3 is 10.6 Å². The second kappa shape index (κ2) is 10.9. The molecule has 0 spiro atoms. The number of amides is 1. The summed E-state index contributed by atoms with van der Waals surface area (Å²) in [6.07, 6.45) is 4.92. The maximum absolute atomic E-state index is 12.3. The topological polar surface area (TPSA) is 44.4 Å². The van der Waals surface area contributed by atoms with E-state index in [1.165, 1.54) is 37.9 Å². The molecule has 0 radical (unpaired) electrons. The van der Waals surface area contributed by atoms with Gasteiger partial charge in [-0.1, -0.05) is 12.1 Å². The third-order valence-corrected chi connectivity index (χ3v) is 4.79. The van der Waals surface area contributed by atoms with E-state index in [1.54, 1.807) is 0 Å². The fourth-order valence-corrected chi connectivity index (χ4v) is 3.46. The molecule has 2 aliphatic heterocycles. The Hall–Kier alpha value is -0.810. The minimum absolute atomic E-state index is 0. The first-order chi connectivity index (χ1) is 10.8. The van der Waals surface area contributed by atoms with Crippen LogP contribution in [0.3, 0.4) is 0 Å². The van der Waals surface area contributed by atoms with Crippen LogP contribution in [0.4, 0.5) is 0 Å². The van der Waals surface area contributed by atoms with E-state index in [2.05, 4.69) is 21.6 Å². The molecule has 2 N–H and O–H groups in total. The molecule has 2 heterocycles. The van der Waals surface area contributed by atoms with Crippen LogP contribution in [0.25, 0.3) is 0 Å². The maximum Gasteiger partial charge on any atom is 0.251 e. The Balaban J connectivity index is 0.00000144. The smallest absolute Gasteiger partial charge is 0.251 e. The third kappa shape index (κ3) is 6.25. The van der Waals surface area contributed by atoms with Crippen molar-refractivity contribution in [2.75, 3.05) is 32.7 Å². The van der Waals surface area contributed by atoms with E-state index in [0.29, 0.717) is 0 Å². The van der Waals surface area contributed by atoms with E-state index < -0.39 is 0 Å². The number of nitrogens with zero attached hydrogens (tertiary/aromatic N) is 1. The SMILES string of the molecule is Cl.Cl.O=C(NCCC1CCNC1)c1cccc(CN2CCCC2)c1. The highest BCUT2D eigenvalue weighted by molar-refractivity contribution is 5.94. The van der Waals surface area contributed by atoms with Gasteiger partial charge in [0, 0.05) is 18.7 Å². The molecule has 1 amide bonds. The monoisotopic (exact) mass is 373 g/mol. The van der Waals surface area contributed by atoms with Crippen molar-refractivity contribution in [2.24, 2.45) is 5.92 Å². The summed E-state index contributed by atoms with van der Waals surface area (Å²) in [7, 11) is 0. The van der Waals surface area contributed by atoms with Crippen LogP contribution in [0.5, 0.6) is 0 Å². The van der Waals surface area contributed by atoms with E-state index in [0.717, 1.165) is 44.1 Å². The minimum Gasteiger partial charge on any atom is -0.352 e. The normalized spacial score (nSPS) is 20.2. The first-order valence-corrected chi connectivity index (χ1v) is 8.61. The molecule has 0 bridgehead atoms. The van der Waals surface area contributed by atoms with Crippen molar-refractivity contribution < 1.29 is 4.79 Å². The second-order valence-electron chi connectivity index (χ2n) is 6.59. The molecule has 136 valence electrons. The molecule has 6 heteroatoms. The number of nitrogens with one attached hydrogen (secondary N) is 2. The Labute approximate surface area is 157 Å². The number of hydrogen-bond donors (Lipinski definition) is 2. The van der Waals surface area contributed by atoms with Gasteiger partial charge in [0.05, 0.1) is 0 Å². The van der Waals surface area contributed by atoms with Gasteiger partial charge in [0.25, 0.3) is 5.91 Å². The molecule has 0 aromatic heterocycles. The highest BCUT2D eigenvalue weighted by atomic mass is 35.5. The fraction of sp³-hybridized carbons (Fsp3) is 0.611. The largest absolute Gasteiger partial charge is 0.352 e. The summed E-state index contributed by atoms with van der Waals surface area (Å²) in [5, 5.41) is 6.43. The maximum atomic E-state index is 12.3. The van der Waals surface area contributed by atoms with Gasteiger partial charge in [-0.2, -0.15) is 0 Å². The molecular weight excluding hydrogens is 345 g/mol. The number of carbonyl (C=O) groups excluding carboxylic acids is 1. The lowest BCUT2D eigenvalue weighted by Gasteiger charge is -2.15. The predicted molar refractivity (Wildman–Crippen MR) is 103 cm³/mol. The lowest BCUT2D eigenvalue weighted by molar-refractivity contribution is 0.0951. The number of benzene rings is 1. The summed E-state index contributed by atoms with van der Waals surface area (Å²) in [5.41, 5.74) is 2.04. The molecular formula is C18H29Cl2N3O. The molecule has 24 heavy (non-hydrogen) atoms. The number of rotatable bonds is 6. The second-order valence-corrected chi connectivity index (χ2v) is 6.59. The van der Waals surface area contributed by atoms with E-state index >= 15 is 0 Å². The third-order valence-electron chi connectivity index (χ3n) is 4.79. The van der Waals surface area contributed by atoms with Gasteiger partial charge in [0.2, 0.25) is 0 Å². The van der Waals surface area contributed by atoms with Gasteiger partial charge in [-0.05, 0) is 75.5 Å². The predicted octanol–water partition coefficient (Wildman–Crippen LogP) is 2.86. The van der Waals surface area contributed by atoms with Gasteiger partial charge in [-0.25, -0.2) is 0 Å². The van der Waals surface area contributed by atoms with Gasteiger partial charge >= 0.3 is 0 Å². The molecule has 2 saturated heterocycles. The van der Waals surface area contributed by atoms with E-state index in [-0.39, 0.29) is 30.7 Å². The number of halogens is 2. The summed E-state index contributed by atoms with van der Waals surface area (Å²) < 4.78 is 0. The standard InChI is InChI=1S/C18H27N3O.2ClH/c22-18(20-9-7-15-6-8-19-13-15)17-5-3-4-16(12-17)14-21-10-1-2-11-21;;/h3-5,12,15,19H,1-2,6-11,13-14H2,(H,20,22);2*1H. The lowest BCUT2D eigenvalue weighted by Crippen LogP contribution is -2.26. The summed E-state index contributed by atoms with van der Waals surface area (Å²) in [6, 6.07) is 8.09. The molecule has 1 unspecified atom stereocenters. The molecule has 2 aliphatic rings. The number of hydrogen-bond acceptors (Lipinski definition) is 3. The minimum atomic E-state index is 0. The zero-order chi connectivity index (χ0) is 15.2. The van der Waals surface area contributed by atoms with Crippen LogP contribution in [-0.4, -0.2) is 43.5 Å². The highest BCUT2D eigenvalue weighted by Crippen LogP contribution is 2.14. The molecule has 1 atom stereocenters. The van der Waals surface area contributed by atoms with Crippen LogP contribution < -0.4 is 10.6 Å². The van der Waals surface area contributed by atoms with Crippen molar-refractivity contribution in [3.63, 3.8) is 0 Å². The molecule has 2 fully saturated rings. The molecule has 0 aliphatic carbocycles. The number of carbonyl (C=O) groups is 1. The average molecular weight is 374 g/mol. The van der Waals surface area contributed by atoms with Crippen LogP contribution in [-0.2, 0) is 6.54 Å². The Kier molecular flexibility index (Phi) is 9.67. The van der Waals surface area contributed by atoms with Crippen LogP contribution >= 0.6 is 24.8 Å². The average Bonchev–Trinajstić information content (AvgIpc) is 3.21. The van der Waals surface area contributed by atoms with Crippen molar-refractivity contribution in [2.45, 2.75) is 32.2 Å². The zero-order valence-electron chi connectivity index (χ0n) is 14.1. The quantitative estimate of drug-likeness (QED) is 0.805. The Morgan fingerprint density at radius 1 is 1.25 bits per heavy atom.